The van der Waals surface area contributed by atoms with E-state index in [1.54, 1.807) is 23.1 Å². The van der Waals surface area contributed by atoms with Crippen molar-refractivity contribution in [3.63, 3.8) is 0 Å². The standard InChI is InChI=1S/C27H31F5N8O2/c28-26(29)8-5-16(6-9-26)24(37-25(42)20-13-33-38-40(20)18-3-4-18)19-14-39-21(35-19)11-17(12-34-39)23(15-1-2-15)36-22(41)7-10-27(30,31)32/h11-16,18,23-24H,1-10H2,(H,36,41)(H,37,42)/t23-,24+/m1/s1. The second-order valence-corrected chi connectivity index (χ2v) is 11.7. The molecule has 3 aromatic heterocycles. The summed E-state index contributed by atoms with van der Waals surface area (Å²) in [7, 11) is 0. The Kier molecular flexibility index (Phi) is 7.37. The summed E-state index contributed by atoms with van der Waals surface area (Å²) >= 11 is 0. The van der Waals surface area contributed by atoms with Crippen LogP contribution in [0.25, 0.3) is 5.65 Å². The Bertz CT molecular complexity index is 1450. The number of carbonyl (C=O) groups excluding carboxylic acids is 2. The van der Waals surface area contributed by atoms with Gasteiger partial charge in [0.1, 0.15) is 5.69 Å². The highest BCUT2D eigenvalue weighted by Crippen LogP contribution is 2.43. The van der Waals surface area contributed by atoms with Gasteiger partial charge in [-0.25, -0.2) is 23.0 Å². The van der Waals surface area contributed by atoms with Gasteiger partial charge in [0.05, 0.1) is 48.8 Å². The Labute approximate surface area is 237 Å². The molecule has 0 aromatic carbocycles. The lowest BCUT2D eigenvalue weighted by Crippen LogP contribution is -2.38. The van der Waals surface area contributed by atoms with E-state index in [2.05, 4.69) is 26.0 Å². The summed E-state index contributed by atoms with van der Waals surface area (Å²) in [6, 6.07) is 0.646. The number of imidazole rings is 1. The van der Waals surface area contributed by atoms with Crippen LogP contribution < -0.4 is 10.6 Å². The van der Waals surface area contributed by atoms with Crippen molar-refractivity contribution in [3.8, 4) is 0 Å². The van der Waals surface area contributed by atoms with Crippen LogP contribution in [0, 0.1) is 11.8 Å². The number of carbonyl (C=O) groups is 2. The highest BCUT2D eigenvalue weighted by Gasteiger charge is 2.40. The zero-order valence-corrected chi connectivity index (χ0v) is 22.7. The summed E-state index contributed by atoms with van der Waals surface area (Å²) in [6.07, 6.45) is 1.53. The van der Waals surface area contributed by atoms with Crippen molar-refractivity contribution < 1.29 is 31.5 Å². The second-order valence-electron chi connectivity index (χ2n) is 11.7. The van der Waals surface area contributed by atoms with E-state index in [-0.39, 0.29) is 43.6 Å². The average Bonchev–Trinajstić information content (AvgIpc) is 3.87. The SMILES string of the molecule is O=C(CCC(F)(F)F)N[C@@H](c1cnn2cc([C@@H](NC(=O)c3cnnn3C3CC3)C3CCC(F)(F)CC3)nc2c1)C1CC1. The lowest BCUT2D eigenvalue weighted by atomic mass is 9.81. The van der Waals surface area contributed by atoms with Crippen molar-refractivity contribution in [2.75, 3.05) is 0 Å². The molecule has 3 aliphatic carbocycles. The Morgan fingerprint density at radius 1 is 1.00 bits per heavy atom. The van der Waals surface area contributed by atoms with Gasteiger partial charge in [0, 0.05) is 19.3 Å². The molecule has 0 bridgehead atoms. The third-order valence-corrected chi connectivity index (χ3v) is 8.30. The van der Waals surface area contributed by atoms with Crippen LogP contribution in [0.4, 0.5) is 22.0 Å². The van der Waals surface area contributed by atoms with Crippen LogP contribution in [-0.4, -0.2) is 53.5 Å². The van der Waals surface area contributed by atoms with E-state index in [1.165, 1.54) is 10.7 Å². The van der Waals surface area contributed by atoms with Crippen LogP contribution in [-0.2, 0) is 4.79 Å². The molecule has 10 nitrogen and oxygen atoms in total. The Balaban J connectivity index is 1.25. The highest BCUT2D eigenvalue weighted by atomic mass is 19.4. The van der Waals surface area contributed by atoms with Gasteiger partial charge in [0.25, 0.3) is 5.91 Å². The average molecular weight is 595 g/mol. The fourth-order valence-electron chi connectivity index (χ4n) is 5.67. The molecule has 226 valence electrons. The predicted molar refractivity (Wildman–Crippen MR) is 137 cm³/mol. The van der Waals surface area contributed by atoms with Crippen LogP contribution >= 0.6 is 0 Å². The van der Waals surface area contributed by atoms with Gasteiger partial charge in [-0.3, -0.25) is 9.59 Å². The van der Waals surface area contributed by atoms with Gasteiger partial charge < -0.3 is 10.6 Å². The van der Waals surface area contributed by atoms with Gasteiger partial charge in [-0.05, 0) is 62.0 Å². The largest absolute Gasteiger partial charge is 0.389 e. The van der Waals surface area contributed by atoms with Crippen molar-refractivity contribution >= 4 is 17.5 Å². The first-order valence-electron chi connectivity index (χ1n) is 14.3. The van der Waals surface area contributed by atoms with E-state index in [1.807, 2.05) is 0 Å². The summed E-state index contributed by atoms with van der Waals surface area (Å²) in [5.74, 6) is -4.08. The van der Waals surface area contributed by atoms with E-state index in [0.29, 0.717) is 22.6 Å². The normalized spacial score (nSPS) is 20.8. The number of fused-ring (bicyclic) bond motifs is 1. The number of nitrogens with zero attached hydrogens (tertiary/aromatic N) is 6. The quantitative estimate of drug-likeness (QED) is 0.324. The molecule has 6 rings (SSSR count). The number of alkyl halides is 5. The monoisotopic (exact) mass is 594 g/mol. The van der Waals surface area contributed by atoms with Crippen LogP contribution in [0.15, 0.2) is 24.7 Å². The minimum Gasteiger partial charge on any atom is -0.349 e. The first kappa shape index (κ1) is 28.5. The number of hydrogen-bond donors (Lipinski definition) is 2. The van der Waals surface area contributed by atoms with Gasteiger partial charge in [-0.1, -0.05) is 5.21 Å². The topological polar surface area (TPSA) is 119 Å². The van der Waals surface area contributed by atoms with Crippen molar-refractivity contribution in [1.82, 2.24) is 40.2 Å². The van der Waals surface area contributed by atoms with Gasteiger partial charge in [-0.15, -0.1) is 5.10 Å². The zero-order chi connectivity index (χ0) is 29.6. The molecule has 2 atom stereocenters. The maximum Gasteiger partial charge on any atom is 0.389 e. The van der Waals surface area contributed by atoms with E-state index >= 15 is 0 Å². The van der Waals surface area contributed by atoms with Gasteiger partial charge in [0.2, 0.25) is 11.8 Å². The molecule has 3 aromatic rings. The van der Waals surface area contributed by atoms with E-state index in [4.69, 9.17) is 4.98 Å². The minimum absolute atomic E-state index is 0.0828. The summed E-state index contributed by atoms with van der Waals surface area (Å²) in [4.78, 5) is 30.3. The second kappa shape index (κ2) is 10.9. The van der Waals surface area contributed by atoms with E-state index < -0.39 is 48.8 Å². The zero-order valence-electron chi connectivity index (χ0n) is 22.7. The van der Waals surface area contributed by atoms with Crippen LogP contribution in [0.2, 0.25) is 0 Å². The molecule has 0 saturated heterocycles. The molecule has 0 spiro atoms. The molecule has 0 radical (unpaired) electrons. The molecule has 15 heteroatoms. The lowest BCUT2D eigenvalue weighted by molar-refractivity contribution is -0.144. The molecule has 3 fully saturated rings. The number of amides is 2. The lowest BCUT2D eigenvalue weighted by Gasteiger charge is -2.33. The molecule has 42 heavy (non-hydrogen) atoms. The fourth-order valence-corrected chi connectivity index (χ4v) is 5.67. The maximum absolute atomic E-state index is 14.0. The summed E-state index contributed by atoms with van der Waals surface area (Å²) in [5, 5.41) is 18.0. The van der Waals surface area contributed by atoms with Crippen molar-refractivity contribution in [2.45, 2.75) is 94.4 Å². The summed E-state index contributed by atoms with van der Waals surface area (Å²) < 4.78 is 68.9. The number of aromatic nitrogens is 6. The highest BCUT2D eigenvalue weighted by molar-refractivity contribution is 5.92. The molecule has 3 heterocycles. The first-order valence-corrected chi connectivity index (χ1v) is 14.3. The predicted octanol–water partition coefficient (Wildman–Crippen LogP) is 4.86. The molecule has 2 N–H and O–H groups in total. The van der Waals surface area contributed by atoms with Crippen LogP contribution in [0.1, 0.15) is 104 Å². The van der Waals surface area contributed by atoms with Crippen LogP contribution in [0.3, 0.4) is 0 Å². The Morgan fingerprint density at radius 3 is 2.38 bits per heavy atom. The number of rotatable bonds is 10. The van der Waals surface area contributed by atoms with E-state index in [9.17, 15) is 31.5 Å². The van der Waals surface area contributed by atoms with Gasteiger partial charge in [0.15, 0.2) is 5.65 Å². The molecular weight excluding hydrogens is 563 g/mol. The minimum atomic E-state index is -4.42. The fraction of sp³-hybridized carbons (Fsp3) is 0.630. The molecule has 2 amide bonds. The number of halogens is 5. The third kappa shape index (κ3) is 6.54. The Morgan fingerprint density at radius 2 is 1.71 bits per heavy atom. The molecular formula is C27H31F5N8O2. The third-order valence-electron chi connectivity index (χ3n) is 8.30. The number of hydrogen-bond acceptors (Lipinski definition) is 6. The van der Waals surface area contributed by atoms with Gasteiger partial charge >= 0.3 is 6.18 Å². The van der Waals surface area contributed by atoms with Gasteiger partial charge in [-0.2, -0.15) is 18.3 Å². The molecule has 3 saturated carbocycles. The Hall–Kier alpha value is -3.65. The molecule has 3 aliphatic rings. The van der Waals surface area contributed by atoms with Crippen molar-refractivity contribution in [3.05, 3.63) is 41.6 Å². The van der Waals surface area contributed by atoms with Crippen molar-refractivity contribution in [1.29, 1.82) is 0 Å². The smallest absolute Gasteiger partial charge is 0.349 e. The summed E-state index contributed by atoms with van der Waals surface area (Å²) in [5.41, 5.74) is 1.76. The van der Waals surface area contributed by atoms with E-state index in [0.717, 1.165) is 25.7 Å². The first-order chi connectivity index (χ1) is 20.0. The number of nitrogens with one attached hydrogen (secondary N) is 2. The van der Waals surface area contributed by atoms with Crippen molar-refractivity contribution in [2.24, 2.45) is 11.8 Å². The molecule has 0 aliphatic heterocycles. The maximum atomic E-state index is 14.0. The molecule has 0 unspecified atom stereocenters. The van der Waals surface area contributed by atoms with Crippen LogP contribution in [0.5, 0.6) is 0 Å². The summed E-state index contributed by atoms with van der Waals surface area (Å²) in [6.45, 7) is 0.